The van der Waals surface area contributed by atoms with Crippen LogP contribution in [0, 0.1) is 12.3 Å². The molecule has 0 saturated carbocycles. The number of amides is 2. The van der Waals surface area contributed by atoms with Gasteiger partial charge < -0.3 is 48.9 Å². The predicted octanol–water partition coefficient (Wildman–Crippen LogP) is -0.488. The van der Waals surface area contributed by atoms with Gasteiger partial charge in [0.1, 0.15) is 6.61 Å². The van der Waals surface area contributed by atoms with Crippen molar-refractivity contribution in [2.24, 2.45) is 0 Å². The summed E-state index contributed by atoms with van der Waals surface area (Å²) in [7, 11) is 5.52. The van der Waals surface area contributed by atoms with Crippen LogP contribution < -0.4 is 10.6 Å². The molecule has 0 aromatic heterocycles. The second-order valence-corrected chi connectivity index (χ2v) is 7.22. The van der Waals surface area contributed by atoms with Crippen molar-refractivity contribution in [3.05, 3.63) is 0 Å². The van der Waals surface area contributed by atoms with Crippen LogP contribution >= 0.6 is 0 Å². The fourth-order valence-corrected chi connectivity index (χ4v) is 2.53. The van der Waals surface area contributed by atoms with Crippen molar-refractivity contribution >= 4 is 6.03 Å². The average Bonchev–Trinajstić information content (AvgIpc) is 2.84. The fourth-order valence-electron chi connectivity index (χ4n) is 2.53. The Bertz CT molecular complexity index is 480. The highest BCUT2D eigenvalue weighted by Crippen LogP contribution is 1.99. The third kappa shape index (κ3) is 21.1. The molecule has 0 spiro atoms. The van der Waals surface area contributed by atoms with E-state index in [0.29, 0.717) is 98.9 Å². The molecule has 34 heavy (non-hydrogen) atoms. The smallest absolute Gasteiger partial charge is 0.319 e. The lowest BCUT2D eigenvalue weighted by atomic mass is 10.4. The first-order valence-electron chi connectivity index (χ1n) is 11.9. The van der Waals surface area contributed by atoms with Crippen LogP contribution in [-0.4, -0.2) is 149 Å². The van der Waals surface area contributed by atoms with Gasteiger partial charge in [-0.3, -0.25) is 0 Å². The Labute approximate surface area is 205 Å². The number of nitrogens with one attached hydrogen (secondary N) is 2. The van der Waals surface area contributed by atoms with E-state index in [-0.39, 0.29) is 6.03 Å². The van der Waals surface area contributed by atoms with E-state index < -0.39 is 0 Å². The lowest BCUT2D eigenvalue weighted by Gasteiger charge is -2.28. The van der Waals surface area contributed by atoms with Crippen LogP contribution in [-0.2, 0) is 28.4 Å². The van der Waals surface area contributed by atoms with E-state index in [0.717, 1.165) is 13.1 Å². The highest BCUT2D eigenvalue weighted by atomic mass is 16.6. The molecule has 0 radical (unpaired) electrons. The van der Waals surface area contributed by atoms with Crippen molar-refractivity contribution in [2.45, 2.75) is 0 Å². The maximum Gasteiger partial charge on any atom is 0.319 e. The number of nitrogens with zero attached hydrogens (tertiary/aromatic N) is 2. The molecule has 0 fully saturated rings. The van der Waals surface area contributed by atoms with Crippen LogP contribution in [0.2, 0.25) is 0 Å². The van der Waals surface area contributed by atoms with Crippen molar-refractivity contribution in [2.75, 3.05) is 133 Å². The van der Waals surface area contributed by atoms with Gasteiger partial charge in [-0.2, -0.15) is 0 Å². The minimum atomic E-state index is -0.0716. The first kappa shape index (κ1) is 32.5. The van der Waals surface area contributed by atoms with E-state index in [4.69, 9.17) is 34.8 Å². The monoisotopic (exact) mass is 490 g/mol. The Morgan fingerprint density at radius 2 is 1.09 bits per heavy atom. The van der Waals surface area contributed by atoms with Crippen LogP contribution in [0.1, 0.15) is 0 Å². The molecule has 0 aromatic rings. The van der Waals surface area contributed by atoms with Gasteiger partial charge in [-0.15, -0.1) is 6.42 Å². The second kappa shape index (κ2) is 26.1. The van der Waals surface area contributed by atoms with E-state index >= 15 is 0 Å². The van der Waals surface area contributed by atoms with Gasteiger partial charge in [-0.25, -0.2) is 4.79 Å². The normalized spacial score (nSPS) is 10.9. The SMILES string of the molecule is C#CCOCCOCCOCCOCCN(C)C(=O)N(CCOCCNC)CCOCCNC. The molecule has 11 heteroatoms. The van der Waals surface area contributed by atoms with Crippen LogP contribution in [0.5, 0.6) is 0 Å². The number of hydrogen-bond acceptors (Lipinski definition) is 9. The predicted molar refractivity (Wildman–Crippen MR) is 131 cm³/mol. The Balaban J connectivity index is 3.95. The van der Waals surface area contributed by atoms with Gasteiger partial charge >= 0.3 is 6.03 Å². The van der Waals surface area contributed by atoms with Gasteiger partial charge in [0.2, 0.25) is 0 Å². The Morgan fingerprint density at radius 3 is 1.56 bits per heavy atom. The van der Waals surface area contributed by atoms with Gasteiger partial charge in [0.15, 0.2) is 0 Å². The molecule has 0 atom stereocenters. The number of carbonyl (C=O) groups excluding carboxylic acids is 1. The largest absolute Gasteiger partial charge is 0.378 e. The number of terminal acetylenes is 1. The topological polar surface area (TPSA) is 103 Å². The van der Waals surface area contributed by atoms with Crippen molar-refractivity contribution < 1.29 is 33.2 Å². The number of hydrogen-bond donors (Lipinski definition) is 2. The summed E-state index contributed by atoms with van der Waals surface area (Å²) in [6.45, 7) is 8.81. The molecule has 0 bridgehead atoms. The summed E-state index contributed by atoms with van der Waals surface area (Å²) in [6, 6.07) is -0.0716. The van der Waals surface area contributed by atoms with Crippen LogP contribution in [0.4, 0.5) is 4.79 Å². The van der Waals surface area contributed by atoms with Crippen molar-refractivity contribution in [1.29, 1.82) is 0 Å². The zero-order valence-corrected chi connectivity index (χ0v) is 21.4. The first-order valence-corrected chi connectivity index (χ1v) is 11.9. The highest BCUT2D eigenvalue weighted by Gasteiger charge is 2.17. The summed E-state index contributed by atoms with van der Waals surface area (Å²) in [5.41, 5.74) is 0. The summed E-state index contributed by atoms with van der Waals surface area (Å²) >= 11 is 0. The molecule has 200 valence electrons. The van der Waals surface area contributed by atoms with Gasteiger partial charge in [0.25, 0.3) is 0 Å². The van der Waals surface area contributed by atoms with Crippen molar-refractivity contribution in [1.82, 2.24) is 20.4 Å². The van der Waals surface area contributed by atoms with Crippen LogP contribution in [0.15, 0.2) is 0 Å². The highest BCUT2D eigenvalue weighted by molar-refractivity contribution is 5.74. The molecule has 0 saturated heterocycles. The van der Waals surface area contributed by atoms with E-state index in [1.54, 1.807) is 16.8 Å². The number of likely N-dealkylation sites (N-methyl/N-ethyl adjacent to an activating group) is 3. The molecule has 0 aliphatic rings. The number of rotatable bonds is 25. The van der Waals surface area contributed by atoms with E-state index in [9.17, 15) is 4.79 Å². The molecule has 0 aliphatic carbocycles. The van der Waals surface area contributed by atoms with Gasteiger partial charge in [0.05, 0.1) is 72.7 Å². The molecule has 2 amide bonds. The van der Waals surface area contributed by atoms with Crippen molar-refractivity contribution in [3.63, 3.8) is 0 Å². The fraction of sp³-hybridized carbons (Fsp3) is 0.870. The molecule has 0 heterocycles. The maximum absolute atomic E-state index is 12.8. The number of urea groups is 1. The minimum absolute atomic E-state index is 0.0716. The standard InChI is InChI=1S/C23H46N4O7/c1-5-11-29-17-19-33-21-22-34-20-18-32-14-8-26(4)23(28)27(9-15-30-12-6-24-2)10-16-31-13-7-25-3/h1,24-25H,6-22H2,2-4H3. The van der Waals surface area contributed by atoms with E-state index in [1.165, 1.54) is 0 Å². The van der Waals surface area contributed by atoms with E-state index in [1.807, 2.05) is 14.1 Å². The quantitative estimate of drug-likeness (QED) is 0.130. The maximum atomic E-state index is 12.8. The Morgan fingerprint density at radius 1 is 0.676 bits per heavy atom. The Hall–Kier alpha value is -1.49. The summed E-state index contributed by atoms with van der Waals surface area (Å²) in [5, 5.41) is 6.06. The first-order chi connectivity index (χ1) is 16.7. The van der Waals surface area contributed by atoms with Gasteiger partial charge in [-0.05, 0) is 14.1 Å². The average molecular weight is 491 g/mol. The lowest BCUT2D eigenvalue weighted by Crippen LogP contribution is -2.45. The summed E-state index contributed by atoms with van der Waals surface area (Å²) < 4.78 is 32.6. The zero-order chi connectivity index (χ0) is 25.1. The molecule has 0 aromatic carbocycles. The number of ether oxygens (including phenoxy) is 6. The molecule has 0 unspecified atom stereocenters. The summed E-state index contributed by atoms with van der Waals surface area (Å²) in [6.07, 6.45) is 5.08. The van der Waals surface area contributed by atoms with Gasteiger partial charge in [0, 0.05) is 39.8 Å². The molecule has 0 aliphatic heterocycles. The molecular formula is C23H46N4O7. The second-order valence-electron chi connectivity index (χ2n) is 7.22. The number of carbonyl (C=O) groups is 1. The summed E-state index contributed by atoms with van der Waals surface area (Å²) in [4.78, 5) is 16.2. The third-order valence-electron chi connectivity index (χ3n) is 4.47. The van der Waals surface area contributed by atoms with Crippen LogP contribution in [0.3, 0.4) is 0 Å². The summed E-state index contributed by atoms with van der Waals surface area (Å²) in [5.74, 6) is 2.40. The van der Waals surface area contributed by atoms with Crippen LogP contribution in [0.25, 0.3) is 0 Å². The Kier molecular flexibility index (Phi) is 25.0. The molecule has 2 N–H and O–H groups in total. The third-order valence-corrected chi connectivity index (χ3v) is 4.47. The van der Waals surface area contributed by atoms with E-state index in [2.05, 4.69) is 16.6 Å². The molecule has 0 rings (SSSR count). The zero-order valence-electron chi connectivity index (χ0n) is 21.4. The van der Waals surface area contributed by atoms with Crippen molar-refractivity contribution in [3.8, 4) is 12.3 Å². The van der Waals surface area contributed by atoms with Gasteiger partial charge in [-0.1, -0.05) is 5.92 Å². The minimum Gasteiger partial charge on any atom is -0.378 e. The molecular weight excluding hydrogens is 444 g/mol. The molecule has 11 nitrogen and oxygen atoms in total. The lowest BCUT2D eigenvalue weighted by molar-refractivity contribution is -0.000214.